The van der Waals surface area contributed by atoms with Crippen LogP contribution >= 0.6 is 0 Å². The Morgan fingerprint density at radius 2 is 1.57 bits per heavy atom. The Labute approximate surface area is 315 Å². The number of carbonyl (C=O) groups excluding carboxylic acids is 4. The number of hydrogen-bond donors (Lipinski definition) is 4. The van der Waals surface area contributed by atoms with Crippen molar-refractivity contribution in [2.24, 2.45) is 11.8 Å². The van der Waals surface area contributed by atoms with E-state index in [2.05, 4.69) is 37.4 Å². The first-order valence-electron chi connectivity index (χ1n) is 18.4. The van der Waals surface area contributed by atoms with Crippen molar-refractivity contribution in [3.05, 3.63) is 71.4 Å². The van der Waals surface area contributed by atoms with Gasteiger partial charge in [-0.05, 0) is 67.0 Å². The number of H-pyrrole nitrogens is 2. The highest BCUT2D eigenvalue weighted by Crippen LogP contribution is 2.33. The lowest BCUT2D eigenvalue weighted by Crippen LogP contribution is -2.51. The van der Waals surface area contributed by atoms with Crippen LogP contribution in [0, 0.1) is 23.7 Å². The molecule has 4 N–H and O–H groups in total. The number of imidazole rings is 2. The minimum absolute atomic E-state index is 0.114. The number of amides is 4. The van der Waals surface area contributed by atoms with E-state index in [4.69, 9.17) is 14.5 Å². The van der Waals surface area contributed by atoms with Gasteiger partial charge in [0.25, 0.3) is 0 Å². The summed E-state index contributed by atoms with van der Waals surface area (Å²) in [7, 11) is 2.56. The van der Waals surface area contributed by atoms with E-state index in [1.165, 1.54) is 14.2 Å². The second kappa shape index (κ2) is 17.8. The van der Waals surface area contributed by atoms with Gasteiger partial charge in [-0.2, -0.15) is 0 Å². The van der Waals surface area contributed by atoms with Gasteiger partial charge in [-0.15, -0.1) is 0 Å². The van der Waals surface area contributed by atoms with Crippen LogP contribution in [0.25, 0.3) is 22.3 Å². The molecule has 4 aromatic rings. The van der Waals surface area contributed by atoms with Crippen molar-refractivity contribution in [2.45, 2.75) is 78.6 Å². The number of methoxy groups -OCH3 is 2. The van der Waals surface area contributed by atoms with Gasteiger partial charge in [0, 0.05) is 24.2 Å². The van der Waals surface area contributed by atoms with Crippen molar-refractivity contribution >= 4 is 35.0 Å². The van der Waals surface area contributed by atoms with Crippen LogP contribution < -0.4 is 10.6 Å². The maximum Gasteiger partial charge on any atom is 0.407 e. The SMILES string of the molecule is CCCN(Cc1ncc(-c2ccc(C#Cc3ccc4nc(C5CCCN5C(=O)C(NC(=O)OC)C(C)C)[nH]c4c3)cc2)[nH]1)C(=O)C(NC(=O)OC)C(C)C. The van der Waals surface area contributed by atoms with Crippen LogP contribution in [0.1, 0.15) is 82.7 Å². The topological polar surface area (TPSA) is 175 Å². The number of likely N-dealkylation sites (tertiary alicyclic amines) is 1. The molecular formula is C40H50N8O6. The lowest BCUT2D eigenvalue weighted by molar-refractivity contribution is -0.136. The van der Waals surface area contributed by atoms with Gasteiger partial charge in [-0.3, -0.25) is 9.59 Å². The molecule has 0 bridgehead atoms. The summed E-state index contributed by atoms with van der Waals surface area (Å²) in [6.07, 6.45) is 2.82. The highest BCUT2D eigenvalue weighted by atomic mass is 16.5. The van der Waals surface area contributed by atoms with Gasteiger partial charge in [0.1, 0.15) is 23.7 Å². The van der Waals surface area contributed by atoms with Crippen molar-refractivity contribution < 1.29 is 28.7 Å². The van der Waals surface area contributed by atoms with Crippen molar-refractivity contribution in [3.63, 3.8) is 0 Å². The number of ether oxygens (including phenoxy) is 2. The summed E-state index contributed by atoms with van der Waals surface area (Å²) in [5, 5.41) is 5.35. The maximum atomic E-state index is 13.5. The summed E-state index contributed by atoms with van der Waals surface area (Å²) in [5.74, 6) is 7.24. The van der Waals surface area contributed by atoms with E-state index < -0.39 is 24.3 Å². The van der Waals surface area contributed by atoms with Crippen molar-refractivity contribution in [3.8, 4) is 23.1 Å². The van der Waals surface area contributed by atoms with Crippen LogP contribution in [0.2, 0.25) is 0 Å². The van der Waals surface area contributed by atoms with Gasteiger partial charge in [-0.1, -0.05) is 58.6 Å². The molecule has 5 rings (SSSR count). The summed E-state index contributed by atoms with van der Waals surface area (Å²) < 4.78 is 9.47. The Bertz CT molecular complexity index is 2010. The standard InChI is InChI=1S/C40H50N8O6/c1-8-19-47(37(49)34(24(2)3)45-39(51)53-6)23-33-41-22-31(42-33)28-16-13-26(14-17-28)11-12-27-15-18-29-30(21-27)44-36(43-29)32-10-9-20-48(32)38(50)35(25(4)5)46-40(52)54-7/h13-18,21-22,24-25,32,34-35H,8-10,19-20,23H2,1-7H3,(H,41,42)(H,43,44)(H,45,51)(H,46,52). The lowest BCUT2D eigenvalue weighted by atomic mass is 10.0. The second-order valence-electron chi connectivity index (χ2n) is 14.1. The molecule has 0 saturated carbocycles. The number of aromatic amines is 2. The molecule has 1 fully saturated rings. The summed E-state index contributed by atoms with van der Waals surface area (Å²) in [5.41, 5.74) is 4.99. The number of carbonyl (C=O) groups is 4. The summed E-state index contributed by atoms with van der Waals surface area (Å²) >= 11 is 0. The van der Waals surface area contributed by atoms with E-state index in [0.29, 0.717) is 24.7 Å². The molecule has 0 aliphatic carbocycles. The van der Waals surface area contributed by atoms with E-state index in [1.54, 1.807) is 16.0 Å². The summed E-state index contributed by atoms with van der Waals surface area (Å²) in [6.45, 7) is 10.9. The lowest BCUT2D eigenvalue weighted by Gasteiger charge is -2.29. The van der Waals surface area contributed by atoms with Crippen molar-refractivity contribution in [1.82, 2.24) is 40.4 Å². The zero-order valence-corrected chi connectivity index (χ0v) is 32.0. The first-order chi connectivity index (χ1) is 25.9. The fourth-order valence-corrected chi connectivity index (χ4v) is 6.54. The van der Waals surface area contributed by atoms with Gasteiger partial charge in [-0.25, -0.2) is 19.6 Å². The third-order valence-corrected chi connectivity index (χ3v) is 9.46. The van der Waals surface area contributed by atoms with Crippen LogP contribution in [0.4, 0.5) is 9.59 Å². The number of hydrogen-bond acceptors (Lipinski definition) is 8. The van der Waals surface area contributed by atoms with E-state index in [0.717, 1.165) is 52.7 Å². The van der Waals surface area contributed by atoms with Crippen LogP contribution in [-0.4, -0.2) is 93.1 Å². The highest BCUT2D eigenvalue weighted by Gasteiger charge is 2.37. The molecule has 286 valence electrons. The molecular weight excluding hydrogens is 688 g/mol. The van der Waals surface area contributed by atoms with Crippen LogP contribution in [0.5, 0.6) is 0 Å². The molecule has 54 heavy (non-hydrogen) atoms. The average Bonchev–Trinajstić information content (AvgIpc) is 3.94. The van der Waals surface area contributed by atoms with Crippen LogP contribution in [0.3, 0.4) is 0 Å². The largest absolute Gasteiger partial charge is 0.453 e. The number of aromatic nitrogens is 4. The molecule has 3 unspecified atom stereocenters. The number of nitrogens with zero attached hydrogens (tertiary/aromatic N) is 4. The summed E-state index contributed by atoms with van der Waals surface area (Å²) in [4.78, 5) is 70.3. The van der Waals surface area contributed by atoms with E-state index >= 15 is 0 Å². The Morgan fingerprint density at radius 3 is 2.22 bits per heavy atom. The van der Waals surface area contributed by atoms with Gasteiger partial charge in [0.2, 0.25) is 11.8 Å². The number of rotatable bonds is 12. The Hall–Kier alpha value is -5.84. The van der Waals surface area contributed by atoms with Gasteiger partial charge < -0.3 is 39.9 Å². The highest BCUT2D eigenvalue weighted by molar-refractivity contribution is 5.87. The Morgan fingerprint density at radius 1 is 0.926 bits per heavy atom. The molecule has 1 aliphatic heterocycles. The summed E-state index contributed by atoms with van der Waals surface area (Å²) in [6, 6.07) is 12.0. The Balaban J connectivity index is 1.25. The molecule has 2 aromatic heterocycles. The Kier molecular flexibility index (Phi) is 13.0. The molecule has 3 heterocycles. The maximum absolute atomic E-state index is 13.5. The van der Waals surface area contributed by atoms with Crippen molar-refractivity contribution in [1.29, 1.82) is 0 Å². The van der Waals surface area contributed by atoms with E-state index in [-0.39, 0.29) is 36.2 Å². The minimum Gasteiger partial charge on any atom is -0.453 e. The fourth-order valence-electron chi connectivity index (χ4n) is 6.54. The molecule has 0 radical (unpaired) electrons. The minimum atomic E-state index is -0.715. The molecule has 0 spiro atoms. The molecule has 2 aromatic carbocycles. The third kappa shape index (κ3) is 9.38. The fraction of sp³-hybridized carbons (Fsp3) is 0.450. The quantitative estimate of drug-likeness (QED) is 0.138. The van der Waals surface area contributed by atoms with E-state index in [9.17, 15) is 19.2 Å². The molecule has 14 heteroatoms. The van der Waals surface area contributed by atoms with Crippen LogP contribution in [0.15, 0.2) is 48.7 Å². The van der Waals surface area contributed by atoms with Gasteiger partial charge in [0.05, 0.1) is 49.7 Å². The zero-order chi connectivity index (χ0) is 38.9. The molecule has 1 saturated heterocycles. The number of benzene rings is 2. The predicted octanol–water partition coefficient (Wildman–Crippen LogP) is 5.52. The average molecular weight is 739 g/mol. The molecule has 14 nitrogen and oxygen atoms in total. The smallest absolute Gasteiger partial charge is 0.407 e. The zero-order valence-electron chi connectivity index (χ0n) is 32.0. The van der Waals surface area contributed by atoms with Crippen molar-refractivity contribution in [2.75, 3.05) is 27.3 Å². The first-order valence-corrected chi connectivity index (χ1v) is 18.4. The molecule has 1 aliphatic rings. The molecule has 3 atom stereocenters. The molecule has 4 amide bonds. The number of alkyl carbamates (subject to hydrolysis) is 2. The van der Waals surface area contributed by atoms with E-state index in [1.807, 2.05) is 77.1 Å². The first kappa shape index (κ1) is 39.4. The normalized spacial score (nSPS) is 15.1. The number of fused-ring (bicyclic) bond motifs is 1. The number of nitrogens with one attached hydrogen (secondary N) is 4. The third-order valence-electron chi connectivity index (χ3n) is 9.46. The van der Waals surface area contributed by atoms with Gasteiger partial charge in [0.15, 0.2) is 0 Å². The predicted molar refractivity (Wildman–Crippen MR) is 204 cm³/mol. The second-order valence-corrected chi connectivity index (χ2v) is 14.1. The monoisotopic (exact) mass is 738 g/mol. The van der Waals surface area contributed by atoms with Gasteiger partial charge >= 0.3 is 12.2 Å². The van der Waals surface area contributed by atoms with Crippen LogP contribution in [-0.2, 0) is 25.6 Å².